The lowest BCUT2D eigenvalue weighted by Crippen LogP contribution is -2.01. The summed E-state index contributed by atoms with van der Waals surface area (Å²) in [7, 11) is 0. The molecule has 1 unspecified atom stereocenters. The van der Waals surface area contributed by atoms with E-state index in [0.29, 0.717) is 12.5 Å². The first-order valence-corrected chi connectivity index (χ1v) is 6.01. The third kappa shape index (κ3) is 3.02. The first-order valence-electron chi connectivity index (χ1n) is 5.63. The van der Waals surface area contributed by atoms with Crippen molar-refractivity contribution in [1.29, 1.82) is 0 Å². The van der Waals surface area contributed by atoms with Crippen LogP contribution in [0.4, 0.5) is 0 Å². The molecule has 88 valence electrons. The van der Waals surface area contributed by atoms with Crippen molar-refractivity contribution >= 4 is 11.6 Å². The number of hydrogen-bond donors (Lipinski definition) is 0. The van der Waals surface area contributed by atoms with Crippen molar-refractivity contribution in [2.45, 2.75) is 33.1 Å². The number of aryl methyl sites for hydroxylation is 1. The Morgan fingerprint density at radius 2 is 2.19 bits per heavy atom. The molecular weight excluding hydrogens is 220 g/mol. The van der Waals surface area contributed by atoms with Crippen molar-refractivity contribution in [1.82, 2.24) is 0 Å². The molecule has 1 aromatic carbocycles. The smallest absolute Gasteiger partial charge is 0.123 e. The fourth-order valence-electron chi connectivity index (χ4n) is 1.71. The highest BCUT2D eigenvalue weighted by Gasteiger charge is 2.12. The summed E-state index contributed by atoms with van der Waals surface area (Å²) in [4.78, 5) is 0. The van der Waals surface area contributed by atoms with Gasteiger partial charge >= 0.3 is 0 Å². The zero-order chi connectivity index (χ0) is 12.1. The van der Waals surface area contributed by atoms with Crippen molar-refractivity contribution in [3.63, 3.8) is 0 Å². The van der Waals surface area contributed by atoms with E-state index in [1.165, 1.54) is 0 Å². The number of ether oxygens (including phenoxy) is 1. The van der Waals surface area contributed by atoms with Crippen LogP contribution < -0.4 is 4.74 Å². The van der Waals surface area contributed by atoms with Crippen LogP contribution in [0.2, 0.25) is 5.02 Å². The SMILES string of the molecule is C=CCC(C)c1cc(Cl)c(C)cc1OCC. The summed E-state index contributed by atoms with van der Waals surface area (Å²) in [5, 5.41) is 0.800. The van der Waals surface area contributed by atoms with Gasteiger partial charge in [0.15, 0.2) is 0 Å². The number of hydrogen-bond acceptors (Lipinski definition) is 1. The molecule has 1 atom stereocenters. The van der Waals surface area contributed by atoms with Gasteiger partial charge in [-0.3, -0.25) is 0 Å². The first-order chi connectivity index (χ1) is 7.60. The molecule has 1 aromatic rings. The normalized spacial score (nSPS) is 12.2. The minimum Gasteiger partial charge on any atom is -0.494 e. The van der Waals surface area contributed by atoms with Crippen LogP contribution in [-0.2, 0) is 0 Å². The molecule has 0 fully saturated rings. The van der Waals surface area contributed by atoms with Crippen LogP contribution in [0.3, 0.4) is 0 Å². The molecule has 1 rings (SSSR count). The Morgan fingerprint density at radius 3 is 2.75 bits per heavy atom. The highest BCUT2D eigenvalue weighted by molar-refractivity contribution is 6.31. The predicted octanol–water partition coefficient (Wildman–Crippen LogP) is 4.73. The molecule has 2 heteroatoms. The van der Waals surface area contributed by atoms with Gasteiger partial charge in [0.2, 0.25) is 0 Å². The minimum atomic E-state index is 0.386. The second kappa shape index (κ2) is 5.95. The van der Waals surface area contributed by atoms with Crippen molar-refractivity contribution in [3.8, 4) is 5.75 Å². The topological polar surface area (TPSA) is 9.23 Å². The van der Waals surface area contributed by atoms with Crippen molar-refractivity contribution < 1.29 is 4.74 Å². The van der Waals surface area contributed by atoms with Gasteiger partial charge in [-0.05, 0) is 49.4 Å². The average molecular weight is 239 g/mol. The third-order valence-electron chi connectivity index (χ3n) is 2.64. The Morgan fingerprint density at radius 1 is 1.50 bits per heavy atom. The third-order valence-corrected chi connectivity index (χ3v) is 3.05. The molecule has 0 amide bonds. The first kappa shape index (κ1) is 13.1. The fraction of sp³-hybridized carbons (Fsp3) is 0.429. The van der Waals surface area contributed by atoms with Crippen LogP contribution in [0.1, 0.15) is 37.3 Å². The van der Waals surface area contributed by atoms with Gasteiger partial charge in [0.1, 0.15) is 5.75 Å². The van der Waals surface area contributed by atoms with E-state index in [2.05, 4.69) is 13.5 Å². The van der Waals surface area contributed by atoms with Gasteiger partial charge in [-0.15, -0.1) is 6.58 Å². The van der Waals surface area contributed by atoms with E-state index in [4.69, 9.17) is 16.3 Å². The minimum absolute atomic E-state index is 0.386. The zero-order valence-corrected chi connectivity index (χ0v) is 11.0. The maximum absolute atomic E-state index is 6.15. The summed E-state index contributed by atoms with van der Waals surface area (Å²) in [5.74, 6) is 1.33. The molecule has 0 aliphatic heterocycles. The summed E-state index contributed by atoms with van der Waals surface area (Å²) in [6.45, 7) is 10.6. The van der Waals surface area contributed by atoms with Crippen molar-refractivity contribution in [2.75, 3.05) is 6.61 Å². The molecule has 0 heterocycles. The monoisotopic (exact) mass is 238 g/mol. The maximum Gasteiger partial charge on any atom is 0.123 e. The molecule has 0 bridgehead atoms. The van der Waals surface area contributed by atoms with Gasteiger partial charge in [0.05, 0.1) is 6.61 Å². The molecule has 0 N–H and O–H groups in total. The molecule has 0 aliphatic carbocycles. The van der Waals surface area contributed by atoms with Crippen LogP contribution in [-0.4, -0.2) is 6.61 Å². The molecule has 0 spiro atoms. The Bertz CT molecular complexity index is 371. The lowest BCUT2D eigenvalue weighted by atomic mass is 9.96. The lowest BCUT2D eigenvalue weighted by Gasteiger charge is -2.17. The van der Waals surface area contributed by atoms with Crippen LogP contribution in [0.15, 0.2) is 24.8 Å². The van der Waals surface area contributed by atoms with Gasteiger partial charge in [-0.2, -0.15) is 0 Å². The number of rotatable bonds is 5. The van der Waals surface area contributed by atoms with Crippen LogP contribution in [0.5, 0.6) is 5.75 Å². The van der Waals surface area contributed by atoms with E-state index in [0.717, 1.165) is 28.3 Å². The Kier molecular flexibility index (Phi) is 4.88. The van der Waals surface area contributed by atoms with Gasteiger partial charge in [0, 0.05) is 5.02 Å². The van der Waals surface area contributed by atoms with Gasteiger partial charge in [-0.25, -0.2) is 0 Å². The van der Waals surface area contributed by atoms with E-state index in [1.807, 2.05) is 32.1 Å². The zero-order valence-electron chi connectivity index (χ0n) is 10.2. The molecule has 0 aromatic heterocycles. The van der Waals surface area contributed by atoms with Crippen molar-refractivity contribution in [3.05, 3.63) is 40.9 Å². The quantitative estimate of drug-likeness (QED) is 0.674. The van der Waals surface area contributed by atoms with Gasteiger partial charge < -0.3 is 4.74 Å². The molecule has 0 saturated carbocycles. The van der Waals surface area contributed by atoms with E-state index in [1.54, 1.807) is 0 Å². The van der Waals surface area contributed by atoms with Gasteiger partial charge in [-0.1, -0.05) is 24.6 Å². The van der Waals surface area contributed by atoms with E-state index in [-0.39, 0.29) is 0 Å². The fourth-order valence-corrected chi connectivity index (χ4v) is 1.89. The maximum atomic E-state index is 6.15. The second-order valence-electron chi connectivity index (χ2n) is 4.00. The van der Waals surface area contributed by atoms with Crippen LogP contribution in [0.25, 0.3) is 0 Å². The highest BCUT2D eigenvalue weighted by atomic mass is 35.5. The Hall–Kier alpha value is -0.950. The van der Waals surface area contributed by atoms with Gasteiger partial charge in [0.25, 0.3) is 0 Å². The molecular formula is C14H19ClO. The molecule has 0 aliphatic rings. The largest absolute Gasteiger partial charge is 0.494 e. The second-order valence-corrected chi connectivity index (χ2v) is 4.40. The Balaban J connectivity index is 3.12. The predicted molar refractivity (Wildman–Crippen MR) is 70.6 cm³/mol. The highest BCUT2D eigenvalue weighted by Crippen LogP contribution is 2.33. The summed E-state index contributed by atoms with van der Waals surface area (Å²) in [6.07, 6.45) is 2.85. The van der Waals surface area contributed by atoms with Crippen LogP contribution in [0, 0.1) is 6.92 Å². The van der Waals surface area contributed by atoms with E-state index < -0.39 is 0 Å². The summed E-state index contributed by atoms with van der Waals surface area (Å²) < 4.78 is 5.65. The summed E-state index contributed by atoms with van der Waals surface area (Å²) >= 11 is 6.15. The average Bonchev–Trinajstić information content (AvgIpc) is 2.23. The molecule has 0 radical (unpaired) electrons. The summed E-state index contributed by atoms with van der Waals surface area (Å²) in [6, 6.07) is 4.02. The number of allylic oxidation sites excluding steroid dienone is 1. The molecule has 0 saturated heterocycles. The van der Waals surface area contributed by atoms with Crippen molar-refractivity contribution in [2.24, 2.45) is 0 Å². The van der Waals surface area contributed by atoms with E-state index in [9.17, 15) is 0 Å². The number of halogens is 1. The summed E-state index contributed by atoms with van der Waals surface area (Å²) in [5.41, 5.74) is 2.22. The van der Waals surface area contributed by atoms with Crippen LogP contribution >= 0.6 is 11.6 Å². The molecule has 1 nitrogen and oxygen atoms in total. The number of benzene rings is 1. The van der Waals surface area contributed by atoms with E-state index >= 15 is 0 Å². The lowest BCUT2D eigenvalue weighted by molar-refractivity contribution is 0.334. The Labute approximate surface area is 103 Å². The standard InChI is InChI=1S/C14H19ClO/c1-5-7-10(3)12-9-13(15)11(4)8-14(12)16-6-2/h5,8-10H,1,6-7H2,2-4H3. The molecule has 16 heavy (non-hydrogen) atoms.